The van der Waals surface area contributed by atoms with Crippen LogP contribution in [0.3, 0.4) is 0 Å². The first kappa shape index (κ1) is 13.4. The molecule has 0 aromatic heterocycles. The van der Waals surface area contributed by atoms with Gasteiger partial charge in [-0.25, -0.2) is 0 Å². The minimum Gasteiger partial charge on any atom is -0.508 e. The average Bonchev–Trinajstić information content (AvgIpc) is 2.37. The number of aromatic hydroxyl groups is 2. The Labute approximate surface area is 114 Å². The summed E-state index contributed by atoms with van der Waals surface area (Å²) in [6, 6.07) is 7.99. The molecule has 0 spiro atoms. The predicted molar refractivity (Wildman–Crippen MR) is 72.2 cm³/mol. The Hall–Kier alpha value is -3.02. The Bertz CT molecular complexity index is 710. The van der Waals surface area contributed by atoms with Gasteiger partial charge in [-0.1, -0.05) is 0 Å². The number of primary amides is 2. The summed E-state index contributed by atoms with van der Waals surface area (Å²) in [5.41, 5.74) is 11.3. The first-order valence-corrected chi connectivity index (χ1v) is 5.66. The molecule has 6 nitrogen and oxygen atoms in total. The molecule has 0 radical (unpaired) electrons. The maximum Gasteiger partial charge on any atom is 0.249 e. The molecule has 0 aliphatic rings. The summed E-state index contributed by atoms with van der Waals surface area (Å²) in [5, 5.41) is 19.1. The SMILES string of the molecule is NC(=O)c1ccc(C(N)=O)c(-c2ccc(O)cc2O)c1. The highest BCUT2D eigenvalue weighted by Crippen LogP contribution is 2.34. The number of carbonyl (C=O) groups excluding carboxylic acids is 2. The fourth-order valence-corrected chi connectivity index (χ4v) is 1.88. The Kier molecular flexibility index (Phi) is 3.30. The molecule has 6 N–H and O–H groups in total. The minimum absolute atomic E-state index is 0.127. The number of nitrogens with two attached hydrogens (primary N) is 2. The number of phenolic OH excluding ortho intramolecular Hbond substituents is 2. The van der Waals surface area contributed by atoms with Crippen molar-refractivity contribution in [2.45, 2.75) is 0 Å². The monoisotopic (exact) mass is 272 g/mol. The van der Waals surface area contributed by atoms with Gasteiger partial charge in [0.25, 0.3) is 0 Å². The molecule has 0 atom stereocenters. The third-order valence-corrected chi connectivity index (χ3v) is 2.84. The average molecular weight is 272 g/mol. The van der Waals surface area contributed by atoms with Crippen molar-refractivity contribution in [3.8, 4) is 22.6 Å². The number of amides is 2. The van der Waals surface area contributed by atoms with Gasteiger partial charge < -0.3 is 21.7 Å². The smallest absolute Gasteiger partial charge is 0.249 e. The third kappa shape index (κ3) is 2.39. The third-order valence-electron chi connectivity index (χ3n) is 2.84. The van der Waals surface area contributed by atoms with E-state index < -0.39 is 11.8 Å². The zero-order chi connectivity index (χ0) is 14.9. The molecule has 0 aliphatic carbocycles. The van der Waals surface area contributed by atoms with Crippen LogP contribution in [0.1, 0.15) is 20.7 Å². The molecule has 2 aromatic carbocycles. The molecule has 0 saturated carbocycles. The molecule has 20 heavy (non-hydrogen) atoms. The summed E-state index contributed by atoms with van der Waals surface area (Å²) in [6.45, 7) is 0. The number of phenols is 2. The molecule has 6 heteroatoms. The number of hydrogen-bond donors (Lipinski definition) is 4. The Morgan fingerprint density at radius 3 is 2.10 bits per heavy atom. The summed E-state index contributed by atoms with van der Waals surface area (Å²) in [6.07, 6.45) is 0. The van der Waals surface area contributed by atoms with Crippen LogP contribution in [0.2, 0.25) is 0 Å². The fraction of sp³-hybridized carbons (Fsp3) is 0. The Morgan fingerprint density at radius 1 is 0.850 bits per heavy atom. The zero-order valence-corrected chi connectivity index (χ0v) is 10.3. The molecule has 0 saturated heterocycles. The topological polar surface area (TPSA) is 127 Å². The highest BCUT2D eigenvalue weighted by molar-refractivity contribution is 6.03. The van der Waals surface area contributed by atoms with Gasteiger partial charge in [0.2, 0.25) is 11.8 Å². The number of hydrogen-bond acceptors (Lipinski definition) is 4. The molecular weight excluding hydrogens is 260 g/mol. The molecule has 2 aromatic rings. The van der Waals surface area contributed by atoms with Gasteiger partial charge in [-0.15, -0.1) is 0 Å². The Morgan fingerprint density at radius 2 is 1.55 bits per heavy atom. The molecule has 2 amide bonds. The van der Waals surface area contributed by atoms with Crippen molar-refractivity contribution in [2.75, 3.05) is 0 Å². The lowest BCUT2D eigenvalue weighted by Crippen LogP contribution is -2.15. The maximum atomic E-state index is 11.4. The van der Waals surface area contributed by atoms with Crippen molar-refractivity contribution in [1.29, 1.82) is 0 Å². The van der Waals surface area contributed by atoms with Gasteiger partial charge in [0.05, 0.1) is 0 Å². The molecule has 0 heterocycles. The van der Waals surface area contributed by atoms with E-state index in [1.54, 1.807) is 0 Å². The molecule has 0 unspecified atom stereocenters. The summed E-state index contributed by atoms with van der Waals surface area (Å²) in [4.78, 5) is 22.6. The molecule has 0 bridgehead atoms. The van der Waals surface area contributed by atoms with E-state index in [4.69, 9.17) is 11.5 Å². The Balaban J connectivity index is 2.72. The minimum atomic E-state index is -0.705. The van der Waals surface area contributed by atoms with E-state index >= 15 is 0 Å². The van der Waals surface area contributed by atoms with Crippen LogP contribution in [-0.2, 0) is 0 Å². The van der Waals surface area contributed by atoms with Crippen molar-refractivity contribution >= 4 is 11.8 Å². The predicted octanol–water partition coefficient (Wildman–Crippen LogP) is 0.963. The second-order valence-electron chi connectivity index (χ2n) is 4.19. The van der Waals surface area contributed by atoms with Gasteiger partial charge in [0.15, 0.2) is 0 Å². The van der Waals surface area contributed by atoms with Gasteiger partial charge >= 0.3 is 0 Å². The second kappa shape index (κ2) is 4.93. The van der Waals surface area contributed by atoms with E-state index in [9.17, 15) is 19.8 Å². The first-order valence-electron chi connectivity index (χ1n) is 5.66. The molecule has 2 rings (SSSR count). The standard InChI is InChI=1S/C14H12N2O4/c15-13(19)7-1-3-10(14(16)20)11(5-7)9-4-2-8(17)6-12(9)18/h1-6,17-18H,(H2,15,19)(H2,16,20). The van der Waals surface area contributed by atoms with Gasteiger partial charge in [0.1, 0.15) is 11.5 Å². The van der Waals surface area contributed by atoms with Crippen LogP contribution in [0.4, 0.5) is 0 Å². The van der Waals surface area contributed by atoms with E-state index in [-0.39, 0.29) is 33.8 Å². The summed E-state index contributed by atoms with van der Waals surface area (Å²) >= 11 is 0. The largest absolute Gasteiger partial charge is 0.508 e. The lowest BCUT2D eigenvalue weighted by molar-refractivity contribution is 0.0988. The highest BCUT2D eigenvalue weighted by atomic mass is 16.3. The normalized spacial score (nSPS) is 10.2. The number of rotatable bonds is 3. The van der Waals surface area contributed by atoms with E-state index in [0.717, 1.165) is 6.07 Å². The summed E-state index contributed by atoms with van der Waals surface area (Å²) in [7, 11) is 0. The van der Waals surface area contributed by atoms with Crippen molar-refractivity contribution in [1.82, 2.24) is 0 Å². The number of carbonyl (C=O) groups is 2. The summed E-state index contributed by atoms with van der Waals surface area (Å²) in [5.74, 6) is -1.74. The lowest BCUT2D eigenvalue weighted by Gasteiger charge is -2.10. The van der Waals surface area contributed by atoms with Crippen molar-refractivity contribution < 1.29 is 19.8 Å². The van der Waals surface area contributed by atoms with Gasteiger partial charge in [-0.05, 0) is 35.9 Å². The van der Waals surface area contributed by atoms with Crippen LogP contribution in [0.5, 0.6) is 11.5 Å². The van der Waals surface area contributed by atoms with E-state index in [0.29, 0.717) is 0 Å². The molecule has 0 fully saturated rings. The van der Waals surface area contributed by atoms with E-state index in [2.05, 4.69) is 0 Å². The highest BCUT2D eigenvalue weighted by Gasteiger charge is 2.15. The molecular formula is C14H12N2O4. The van der Waals surface area contributed by atoms with Crippen LogP contribution in [0.15, 0.2) is 36.4 Å². The number of benzene rings is 2. The maximum absolute atomic E-state index is 11.4. The van der Waals surface area contributed by atoms with Crippen LogP contribution in [-0.4, -0.2) is 22.0 Å². The zero-order valence-electron chi connectivity index (χ0n) is 10.3. The fourth-order valence-electron chi connectivity index (χ4n) is 1.88. The van der Waals surface area contributed by atoms with Gasteiger partial charge in [-0.3, -0.25) is 9.59 Å². The summed E-state index contributed by atoms with van der Waals surface area (Å²) < 4.78 is 0. The van der Waals surface area contributed by atoms with Crippen molar-refractivity contribution in [3.05, 3.63) is 47.5 Å². The van der Waals surface area contributed by atoms with E-state index in [1.165, 1.54) is 30.3 Å². The van der Waals surface area contributed by atoms with Crippen LogP contribution < -0.4 is 11.5 Å². The van der Waals surface area contributed by atoms with Gasteiger partial charge in [-0.2, -0.15) is 0 Å². The van der Waals surface area contributed by atoms with Crippen molar-refractivity contribution in [2.24, 2.45) is 11.5 Å². The first-order chi connectivity index (χ1) is 9.40. The quantitative estimate of drug-likeness (QED) is 0.663. The van der Waals surface area contributed by atoms with E-state index in [1.807, 2.05) is 0 Å². The van der Waals surface area contributed by atoms with Crippen LogP contribution in [0.25, 0.3) is 11.1 Å². The van der Waals surface area contributed by atoms with Crippen LogP contribution >= 0.6 is 0 Å². The van der Waals surface area contributed by atoms with Gasteiger partial charge in [0, 0.05) is 22.8 Å². The van der Waals surface area contributed by atoms with Crippen LogP contribution in [0, 0.1) is 0 Å². The molecule has 0 aliphatic heterocycles. The lowest BCUT2D eigenvalue weighted by atomic mass is 9.96. The van der Waals surface area contributed by atoms with Crippen molar-refractivity contribution in [3.63, 3.8) is 0 Å². The second-order valence-corrected chi connectivity index (χ2v) is 4.19. The molecule has 102 valence electrons.